The maximum atomic E-state index is 13.7. The molecule has 0 bridgehead atoms. The number of nitriles is 1. The van der Waals surface area contributed by atoms with Gasteiger partial charge in [0.1, 0.15) is 36.1 Å². The summed E-state index contributed by atoms with van der Waals surface area (Å²) in [5.74, 6) is 0.260. The van der Waals surface area contributed by atoms with Crippen LogP contribution in [0.5, 0.6) is 11.5 Å². The lowest BCUT2D eigenvalue weighted by Gasteiger charge is -2.29. The van der Waals surface area contributed by atoms with Crippen LogP contribution in [-0.2, 0) is 47.8 Å². The summed E-state index contributed by atoms with van der Waals surface area (Å²) < 4.78 is 93.3. The standard InChI is InChI=1S/C46H50F4N4O10S/c1-45(2)42(55)53(38-11-8-35(30-51)41(29-38)46(48,49)50)43(65)54(45)37-12-14-39(15-13-37)63-27-26-62-25-24-61-23-22-60-21-20-59-19-18-58-17-16-52(44(56)57)31-34-4-3-5-40(28-34)64-32-33-6-9-36(47)10-7-33/h3-15,28-29H,16-27,31-32H2,1-2H3,(H,56,57). The van der Waals surface area contributed by atoms with Crippen molar-refractivity contribution in [3.8, 4) is 17.6 Å². The first-order valence-electron chi connectivity index (χ1n) is 20.5. The SMILES string of the molecule is CC1(C)C(=O)N(c2ccc(C#N)c(C(F)(F)F)c2)C(=S)N1c1ccc(OCCOCCOCCOCCOCCOCCN(Cc2cccc(OCc3ccc(F)cc3)c2)C(=O)O)cc1. The highest BCUT2D eigenvalue weighted by Crippen LogP contribution is 2.40. The maximum Gasteiger partial charge on any atom is 0.417 e. The summed E-state index contributed by atoms with van der Waals surface area (Å²) in [5, 5.41) is 18.8. The van der Waals surface area contributed by atoms with E-state index < -0.39 is 34.8 Å². The number of rotatable bonds is 26. The highest BCUT2D eigenvalue weighted by Gasteiger charge is 2.50. The number of benzene rings is 4. The topological polar surface area (TPSA) is 152 Å². The van der Waals surface area contributed by atoms with Crippen LogP contribution >= 0.6 is 12.2 Å². The molecule has 65 heavy (non-hydrogen) atoms. The molecule has 14 nitrogen and oxygen atoms in total. The van der Waals surface area contributed by atoms with Crippen molar-refractivity contribution in [2.24, 2.45) is 0 Å². The van der Waals surface area contributed by atoms with Gasteiger partial charge in [0.05, 0.1) is 89.0 Å². The first kappa shape index (κ1) is 50.1. The number of nitrogens with zero attached hydrogens (tertiary/aromatic N) is 4. The van der Waals surface area contributed by atoms with E-state index in [1.165, 1.54) is 29.2 Å². The third-order valence-electron chi connectivity index (χ3n) is 9.80. The molecular weight excluding hydrogens is 877 g/mol. The molecule has 0 aromatic heterocycles. The molecule has 1 heterocycles. The lowest BCUT2D eigenvalue weighted by molar-refractivity contribution is -0.137. The van der Waals surface area contributed by atoms with E-state index >= 15 is 0 Å². The van der Waals surface area contributed by atoms with E-state index in [0.717, 1.165) is 28.2 Å². The number of hydrogen-bond acceptors (Lipinski definition) is 11. The predicted molar refractivity (Wildman–Crippen MR) is 234 cm³/mol. The van der Waals surface area contributed by atoms with Crippen molar-refractivity contribution in [3.63, 3.8) is 0 Å². The Bertz CT molecular complexity index is 2230. The number of halogens is 4. The summed E-state index contributed by atoms with van der Waals surface area (Å²) >= 11 is 5.59. The first-order chi connectivity index (χ1) is 31.2. The van der Waals surface area contributed by atoms with Crippen molar-refractivity contribution in [1.82, 2.24) is 4.90 Å². The molecule has 348 valence electrons. The van der Waals surface area contributed by atoms with Crippen molar-refractivity contribution in [2.45, 2.75) is 38.7 Å². The fourth-order valence-corrected chi connectivity index (χ4v) is 6.99. The number of carboxylic acid groups (broad SMARTS) is 1. The summed E-state index contributed by atoms with van der Waals surface area (Å²) in [5.41, 5.74) is -0.917. The molecule has 1 saturated heterocycles. The molecule has 1 aliphatic heterocycles. The Morgan fingerprint density at radius 3 is 1.88 bits per heavy atom. The van der Waals surface area contributed by atoms with Crippen molar-refractivity contribution in [2.75, 3.05) is 89.0 Å². The Morgan fingerprint density at radius 2 is 1.31 bits per heavy atom. The second-order valence-corrected chi connectivity index (χ2v) is 15.2. The lowest BCUT2D eigenvalue weighted by Crippen LogP contribution is -2.44. The highest BCUT2D eigenvalue weighted by molar-refractivity contribution is 7.81. The second kappa shape index (κ2) is 24.4. The van der Waals surface area contributed by atoms with Gasteiger partial charge in [0.15, 0.2) is 5.11 Å². The van der Waals surface area contributed by atoms with E-state index in [1.807, 2.05) is 6.07 Å². The predicted octanol–water partition coefficient (Wildman–Crippen LogP) is 7.85. The maximum absolute atomic E-state index is 13.7. The minimum Gasteiger partial charge on any atom is -0.491 e. The molecular formula is C46H50F4N4O10S. The highest BCUT2D eigenvalue weighted by atomic mass is 32.1. The number of amides is 2. The van der Waals surface area contributed by atoms with Gasteiger partial charge in [-0.05, 0) is 104 Å². The van der Waals surface area contributed by atoms with E-state index in [1.54, 1.807) is 73.3 Å². The Hall–Kier alpha value is -5.88. The fourth-order valence-electron chi connectivity index (χ4n) is 6.47. The van der Waals surface area contributed by atoms with Crippen LogP contribution in [0.25, 0.3) is 0 Å². The third kappa shape index (κ3) is 14.8. The Kier molecular flexibility index (Phi) is 18.8. The molecule has 0 radical (unpaired) electrons. The Labute approximate surface area is 379 Å². The molecule has 2 amide bonds. The Balaban J connectivity index is 0.862. The van der Waals surface area contributed by atoms with Gasteiger partial charge in [-0.3, -0.25) is 9.69 Å². The molecule has 1 fully saturated rings. The third-order valence-corrected chi connectivity index (χ3v) is 10.2. The summed E-state index contributed by atoms with van der Waals surface area (Å²) in [6, 6.07) is 24.5. The zero-order valence-corrected chi connectivity index (χ0v) is 36.7. The number of thiocarbonyl (C=S) groups is 1. The van der Waals surface area contributed by atoms with Gasteiger partial charge in [-0.1, -0.05) is 24.3 Å². The number of alkyl halides is 3. The normalized spacial score (nSPS) is 13.6. The molecule has 4 aromatic carbocycles. The average Bonchev–Trinajstić information content (AvgIpc) is 3.46. The number of hydrogen-bond donors (Lipinski definition) is 1. The summed E-state index contributed by atoms with van der Waals surface area (Å²) in [4.78, 5) is 29.1. The average molecular weight is 927 g/mol. The van der Waals surface area contributed by atoms with Gasteiger partial charge in [-0.2, -0.15) is 18.4 Å². The minimum atomic E-state index is -4.80. The van der Waals surface area contributed by atoms with Crippen LogP contribution in [0.3, 0.4) is 0 Å². The van der Waals surface area contributed by atoms with Crippen LogP contribution in [0.1, 0.15) is 36.1 Å². The zero-order chi connectivity index (χ0) is 46.8. The lowest BCUT2D eigenvalue weighted by atomic mass is 10.0. The van der Waals surface area contributed by atoms with Gasteiger partial charge >= 0.3 is 12.3 Å². The van der Waals surface area contributed by atoms with E-state index in [0.29, 0.717) is 76.6 Å². The smallest absolute Gasteiger partial charge is 0.417 e. The zero-order valence-electron chi connectivity index (χ0n) is 35.9. The molecule has 0 atom stereocenters. The van der Waals surface area contributed by atoms with E-state index in [2.05, 4.69) is 0 Å². The number of ether oxygens (including phenoxy) is 7. The van der Waals surface area contributed by atoms with Crippen LogP contribution < -0.4 is 19.3 Å². The van der Waals surface area contributed by atoms with Gasteiger partial charge in [0.25, 0.3) is 5.91 Å². The van der Waals surface area contributed by atoms with E-state index in [9.17, 15) is 32.3 Å². The summed E-state index contributed by atoms with van der Waals surface area (Å²) in [6.07, 6.45) is -5.87. The molecule has 5 rings (SSSR count). The minimum absolute atomic E-state index is 0.00738. The van der Waals surface area contributed by atoms with Gasteiger partial charge in [0, 0.05) is 18.8 Å². The molecule has 0 saturated carbocycles. The Morgan fingerprint density at radius 1 is 0.738 bits per heavy atom. The molecule has 0 spiro atoms. The molecule has 1 N–H and O–H groups in total. The second-order valence-electron chi connectivity index (χ2n) is 14.8. The van der Waals surface area contributed by atoms with Crippen molar-refractivity contribution >= 4 is 40.7 Å². The van der Waals surface area contributed by atoms with Crippen LogP contribution in [-0.4, -0.2) is 112 Å². The summed E-state index contributed by atoms with van der Waals surface area (Å²) in [6.45, 7) is 7.33. The fraction of sp³-hybridized carbons (Fsp3) is 0.391. The van der Waals surface area contributed by atoms with Crippen molar-refractivity contribution < 1.29 is 65.4 Å². The molecule has 4 aromatic rings. The van der Waals surface area contributed by atoms with Crippen molar-refractivity contribution in [3.05, 3.63) is 119 Å². The monoisotopic (exact) mass is 926 g/mol. The van der Waals surface area contributed by atoms with Crippen LogP contribution in [0, 0.1) is 17.1 Å². The molecule has 1 aliphatic rings. The van der Waals surface area contributed by atoms with Crippen LogP contribution in [0.4, 0.5) is 33.7 Å². The van der Waals surface area contributed by atoms with Gasteiger partial charge in [0.2, 0.25) is 0 Å². The van der Waals surface area contributed by atoms with E-state index in [4.69, 9.17) is 50.6 Å². The van der Waals surface area contributed by atoms with Crippen molar-refractivity contribution in [1.29, 1.82) is 5.26 Å². The largest absolute Gasteiger partial charge is 0.491 e. The molecule has 19 heteroatoms. The quantitative estimate of drug-likeness (QED) is 0.0370. The number of anilines is 2. The van der Waals surface area contributed by atoms with Crippen LogP contribution in [0.2, 0.25) is 0 Å². The van der Waals surface area contributed by atoms with Gasteiger partial charge in [-0.25, -0.2) is 9.18 Å². The molecule has 0 unspecified atom stereocenters. The summed E-state index contributed by atoms with van der Waals surface area (Å²) in [7, 11) is 0. The van der Waals surface area contributed by atoms with E-state index in [-0.39, 0.29) is 49.5 Å². The van der Waals surface area contributed by atoms with Crippen LogP contribution in [0.15, 0.2) is 91.0 Å². The number of carbonyl (C=O) groups excluding carboxylic acids is 1. The first-order valence-corrected chi connectivity index (χ1v) is 21.0. The van der Waals surface area contributed by atoms with Gasteiger partial charge in [-0.15, -0.1) is 0 Å². The number of carbonyl (C=O) groups is 2. The molecule has 0 aliphatic carbocycles. The van der Waals surface area contributed by atoms with Gasteiger partial charge < -0.3 is 48.1 Å².